The van der Waals surface area contributed by atoms with Crippen LogP contribution in [0.3, 0.4) is 0 Å². The first-order valence-electron chi connectivity index (χ1n) is 7.66. The molecule has 4 heteroatoms. The minimum Gasteiger partial charge on any atom is -0.368 e. The van der Waals surface area contributed by atoms with E-state index in [4.69, 9.17) is 0 Å². The average molecular weight is 275 g/mol. The normalized spacial score (nSPS) is 15.6. The molecule has 0 unspecified atom stereocenters. The van der Waals surface area contributed by atoms with Crippen LogP contribution in [-0.2, 0) is 0 Å². The Kier molecular flexibility index (Phi) is 4.99. The van der Waals surface area contributed by atoms with Crippen LogP contribution in [0.15, 0.2) is 18.2 Å². The molecule has 0 saturated heterocycles. The molecule has 4 nitrogen and oxygen atoms in total. The van der Waals surface area contributed by atoms with Gasteiger partial charge in [0.1, 0.15) is 11.5 Å². The van der Waals surface area contributed by atoms with Gasteiger partial charge in [0.15, 0.2) is 0 Å². The van der Waals surface area contributed by atoms with Crippen molar-refractivity contribution in [2.45, 2.75) is 58.5 Å². The summed E-state index contributed by atoms with van der Waals surface area (Å²) in [4.78, 5) is 19.1. The number of hydrogen-bond donors (Lipinski definition) is 1. The van der Waals surface area contributed by atoms with Gasteiger partial charge in [-0.25, -0.2) is 4.98 Å². The second kappa shape index (κ2) is 6.73. The third-order valence-corrected chi connectivity index (χ3v) is 3.77. The number of nitrogens with one attached hydrogen (secondary N) is 1. The Balaban J connectivity index is 2.14. The van der Waals surface area contributed by atoms with Gasteiger partial charge in [-0.3, -0.25) is 4.79 Å². The van der Waals surface area contributed by atoms with Crippen LogP contribution in [0.1, 0.15) is 56.9 Å². The molecule has 1 N–H and O–H groups in total. The lowest BCUT2D eigenvalue weighted by molar-refractivity contribution is 0.0687. The molecule has 1 saturated carbocycles. The minimum absolute atomic E-state index is 0.0619. The monoisotopic (exact) mass is 275 g/mol. The van der Waals surface area contributed by atoms with Crippen LogP contribution in [-0.4, -0.2) is 34.4 Å². The fraction of sp³-hybridized carbons (Fsp3) is 0.625. The lowest BCUT2D eigenvalue weighted by Gasteiger charge is -2.27. The molecule has 1 heterocycles. The molecule has 1 fully saturated rings. The minimum atomic E-state index is 0.0619. The fourth-order valence-electron chi connectivity index (χ4n) is 2.86. The standard InChI is InChI=1S/C16H25N3O/c1-4-19(13-8-5-6-9-13)16(20)14-10-7-11-15(18-14)17-12(2)3/h7,10-13H,4-6,8-9H2,1-3H3,(H,17,18). The van der Waals surface area contributed by atoms with Crippen molar-refractivity contribution in [3.8, 4) is 0 Å². The highest BCUT2D eigenvalue weighted by Crippen LogP contribution is 2.24. The summed E-state index contributed by atoms with van der Waals surface area (Å²) < 4.78 is 0. The van der Waals surface area contributed by atoms with Gasteiger partial charge in [-0.1, -0.05) is 18.9 Å². The second-order valence-corrected chi connectivity index (χ2v) is 5.74. The SMILES string of the molecule is CCN(C(=O)c1cccc(NC(C)C)n1)C1CCCC1. The Hall–Kier alpha value is -1.58. The Morgan fingerprint density at radius 1 is 1.40 bits per heavy atom. The summed E-state index contributed by atoms with van der Waals surface area (Å²) in [5, 5.41) is 3.24. The van der Waals surface area contributed by atoms with Crippen LogP contribution in [0.25, 0.3) is 0 Å². The van der Waals surface area contributed by atoms with Crippen LogP contribution in [0.4, 0.5) is 5.82 Å². The highest BCUT2D eigenvalue weighted by molar-refractivity contribution is 5.92. The van der Waals surface area contributed by atoms with Gasteiger partial charge in [0, 0.05) is 18.6 Å². The summed E-state index contributed by atoms with van der Waals surface area (Å²) in [6.07, 6.45) is 4.72. The molecule has 0 bridgehead atoms. The van der Waals surface area contributed by atoms with Gasteiger partial charge in [0.05, 0.1) is 0 Å². The lowest BCUT2D eigenvalue weighted by Crippen LogP contribution is -2.39. The predicted octanol–water partition coefficient (Wildman–Crippen LogP) is 3.31. The third kappa shape index (κ3) is 3.50. The van der Waals surface area contributed by atoms with Gasteiger partial charge >= 0.3 is 0 Å². The van der Waals surface area contributed by atoms with Gasteiger partial charge in [0.25, 0.3) is 5.91 Å². The lowest BCUT2D eigenvalue weighted by atomic mass is 10.2. The number of carbonyl (C=O) groups is 1. The molecular weight excluding hydrogens is 250 g/mol. The molecule has 1 aromatic heterocycles. The zero-order valence-corrected chi connectivity index (χ0v) is 12.7. The highest BCUT2D eigenvalue weighted by Gasteiger charge is 2.26. The van der Waals surface area contributed by atoms with Crippen molar-refractivity contribution in [3.63, 3.8) is 0 Å². The number of aromatic nitrogens is 1. The van der Waals surface area contributed by atoms with Gasteiger partial charge in [-0.05, 0) is 45.7 Å². The van der Waals surface area contributed by atoms with Crippen molar-refractivity contribution in [2.24, 2.45) is 0 Å². The molecule has 0 radical (unpaired) electrons. The molecule has 0 atom stereocenters. The van der Waals surface area contributed by atoms with Crippen molar-refractivity contribution >= 4 is 11.7 Å². The van der Waals surface area contributed by atoms with Crippen LogP contribution in [0, 0.1) is 0 Å². The molecule has 1 aliphatic carbocycles. The van der Waals surface area contributed by atoms with Gasteiger partial charge < -0.3 is 10.2 Å². The number of nitrogens with zero attached hydrogens (tertiary/aromatic N) is 2. The molecule has 20 heavy (non-hydrogen) atoms. The van der Waals surface area contributed by atoms with Crippen LogP contribution >= 0.6 is 0 Å². The van der Waals surface area contributed by atoms with E-state index in [-0.39, 0.29) is 5.91 Å². The van der Waals surface area contributed by atoms with Crippen molar-refractivity contribution in [3.05, 3.63) is 23.9 Å². The van der Waals surface area contributed by atoms with E-state index in [1.165, 1.54) is 12.8 Å². The zero-order valence-electron chi connectivity index (χ0n) is 12.7. The molecule has 0 aromatic carbocycles. The van der Waals surface area contributed by atoms with E-state index in [9.17, 15) is 4.79 Å². The number of pyridine rings is 1. The number of amides is 1. The molecule has 0 aliphatic heterocycles. The van der Waals surface area contributed by atoms with E-state index < -0.39 is 0 Å². The summed E-state index contributed by atoms with van der Waals surface area (Å²) in [7, 11) is 0. The van der Waals surface area contributed by atoms with Crippen molar-refractivity contribution in [1.82, 2.24) is 9.88 Å². The largest absolute Gasteiger partial charge is 0.368 e. The summed E-state index contributed by atoms with van der Waals surface area (Å²) in [5.41, 5.74) is 0.546. The number of rotatable bonds is 5. The topological polar surface area (TPSA) is 45.2 Å². The Morgan fingerprint density at radius 3 is 2.70 bits per heavy atom. The van der Waals surface area contributed by atoms with Gasteiger partial charge in [-0.15, -0.1) is 0 Å². The molecule has 110 valence electrons. The predicted molar refractivity (Wildman–Crippen MR) is 82.0 cm³/mol. The number of hydrogen-bond acceptors (Lipinski definition) is 3. The molecule has 1 aliphatic rings. The quantitative estimate of drug-likeness (QED) is 0.896. The maximum Gasteiger partial charge on any atom is 0.272 e. The second-order valence-electron chi connectivity index (χ2n) is 5.74. The van der Waals surface area contributed by atoms with E-state index in [1.54, 1.807) is 0 Å². The first-order valence-corrected chi connectivity index (χ1v) is 7.66. The van der Waals surface area contributed by atoms with E-state index >= 15 is 0 Å². The summed E-state index contributed by atoms with van der Waals surface area (Å²) >= 11 is 0. The van der Waals surface area contributed by atoms with Crippen molar-refractivity contribution < 1.29 is 4.79 Å². The van der Waals surface area contributed by atoms with E-state index in [0.29, 0.717) is 17.8 Å². The molecule has 1 amide bonds. The Morgan fingerprint density at radius 2 is 2.10 bits per heavy atom. The molecule has 0 spiro atoms. The summed E-state index contributed by atoms with van der Waals surface area (Å²) in [5.74, 6) is 0.833. The van der Waals surface area contributed by atoms with Crippen molar-refractivity contribution in [1.29, 1.82) is 0 Å². The Bertz CT molecular complexity index is 453. The van der Waals surface area contributed by atoms with Gasteiger partial charge in [-0.2, -0.15) is 0 Å². The van der Waals surface area contributed by atoms with E-state index in [1.807, 2.05) is 30.0 Å². The smallest absolute Gasteiger partial charge is 0.272 e. The summed E-state index contributed by atoms with van der Waals surface area (Å²) in [6, 6.07) is 6.32. The Labute approximate surface area is 121 Å². The molecule has 1 aromatic rings. The van der Waals surface area contributed by atoms with Crippen LogP contribution in [0.5, 0.6) is 0 Å². The summed E-state index contributed by atoms with van der Waals surface area (Å²) in [6.45, 7) is 6.93. The molecular formula is C16H25N3O. The van der Waals surface area contributed by atoms with Crippen molar-refractivity contribution in [2.75, 3.05) is 11.9 Å². The van der Waals surface area contributed by atoms with Crippen LogP contribution < -0.4 is 5.32 Å². The average Bonchev–Trinajstić information content (AvgIpc) is 2.93. The third-order valence-electron chi connectivity index (χ3n) is 3.77. The maximum absolute atomic E-state index is 12.6. The van der Waals surface area contributed by atoms with Gasteiger partial charge in [0.2, 0.25) is 0 Å². The number of anilines is 1. The maximum atomic E-state index is 12.6. The van der Waals surface area contributed by atoms with E-state index in [2.05, 4.69) is 24.1 Å². The zero-order chi connectivity index (χ0) is 14.5. The fourth-order valence-corrected chi connectivity index (χ4v) is 2.86. The van der Waals surface area contributed by atoms with Crippen LogP contribution in [0.2, 0.25) is 0 Å². The van der Waals surface area contributed by atoms with E-state index in [0.717, 1.165) is 25.2 Å². The number of carbonyl (C=O) groups excluding carboxylic acids is 1. The first kappa shape index (κ1) is 14.8. The first-order chi connectivity index (χ1) is 9.61. The molecule has 2 rings (SSSR count). The highest BCUT2D eigenvalue weighted by atomic mass is 16.2.